The van der Waals surface area contributed by atoms with E-state index in [4.69, 9.17) is 14.5 Å². The average molecular weight is 472 g/mol. The van der Waals surface area contributed by atoms with Crippen molar-refractivity contribution in [1.82, 2.24) is 19.4 Å². The molecule has 1 N–H and O–H groups in total. The standard InChI is InChI=1S/C27H29N5O3/c1-18(2)35-23-7-4-21(5-8-23)29-27-28-17-20-10-11-32(25(20)30-27)22-6-9-24(19(3)16-22)26(33)31-12-14-34-15-13-31/h4-11,16-18H,12-15H2,1-3H3,(H,28,29,30). The Bertz CT molecular complexity index is 1340. The smallest absolute Gasteiger partial charge is 0.254 e. The summed E-state index contributed by atoms with van der Waals surface area (Å²) in [6, 6.07) is 15.6. The summed E-state index contributed by atoms with van der Waals surface area (Å²) >= 11 is 0. The maximum atomic E-state index is 12.9. The van der Waals surface area contributed by atoms with Gasteiger partial charge in [-0.15, -0.1) is 0 Å². The Morgan fingerprint density at radius 3 is 2.57 bits per heavy atom. The van der Waals surface area contributed by atoms with Crippen LogP contribution in [0.25, 0.3) is 16.7 Å². The number of aryl methyl sites for hydroxylation is 1. The van der Waals surface area contributed by atoms with Crippen molar-refractivity contribution in [1.29, 1.82) is 0 Å². The normalized spacial score (nSPS) is 13.9. The van der Waals surface area contributed by atoms with Crippen LogP contribution in [0.5, 0.6) is 5.75 Å². The lowest BCUT2D eigenvalue weighted by molar-refractivity contribution is 0.0302. The van der Waals surface area contributed by atoms with Gasteiger partial charge in [0.1, 0.15) is 11.4 Å². The van der Waals surface area contributed by atoms with Crippen LogP contribution in [0.3, 0.4) is 0 Å². The number of hydrogen-bond donors (Lipinski definition) is 1. The summed E-state index contributed by atoms with van der Waals surface area (Å²) in [5, 5.41) is 4.20. The van der Waals surface area contributed by atoms with Crippen LogP contribution in [0, 0.1) is 6.92 Å². The minimum Gasteiger partial charge on any atom is -0.491 e. The number of fused-ring (bicyclic) bond motifs is 1. The van der Waals surface area contributed by atoms with Crippen molar-refractivity contribution in [2.45, 2.75) is 26.9 Å². The minimum atomic E-state index is 0.0494. The van der Waals surface area contributed by atoms with Gasteiger partial charge in [0.05, 0.1) is 19.3 Å². The first kappa shape index (κ1) is 22.9. The van der Waals surface area contributed by atoms with Gasteiger partial charge in [0, 0.05) is 47.8 Å². The molecule has 0 atom stereocenters. The predicted molar refractivity (Wildman–Crippen MR) is 136 cm³/mol. The molecule has 8 heteroatoms. The topological polar surface area (TPSA) is 81.5 Å². The molecule has 0 radical (unpaired) electrons. The fourth-order valence-corrected chi connectivity index (χ4v) is 4.18. The predicted octanol–water partition coefficient (Wildman–Crippen LogP) is 4.73. The molecule has 1 amide bonds. The van der Waals surface area contributed by atoms with Gasteiger partial charge in [-0.2, -0.15) is 4.98 Å². The molecule has 1 saturated heterocycles. The van der Waals surface area contributed by atoms with E-state index in [2.05, 4.69) is 10.3 Å². The van der Waals surface area contributed by atoms with Crippen molar-refractivity contribution in [3.63, 3.8) is 0 Å². The molecule has 0 aliphatic carbocycles. The molecular formula is C27H29N5O3. The second-order valence-electron chi connectivity index (χ2n) is 8.88. The Morgan fingerprint density at radius 2 is 1.86 bits per heavy atom. The second-order valence-corrected chi connectivity index (χ2v) is 8.88. The zero-order valence-electron chi connectivity index (χ0n) is 20.2. The van der Waals surface area contributed by atoms with Crippen molar-refractivity contribution >= 4 is 28.6 Å². The van der Waals surface area contributed by atoms with Crippen LogP contribution in [0.2, 0.25) is 0 Å². The highest BCUT2D eigenvalue weighted by Crippen LogP contribution is 2.24. The van der Waals surface area contributed by atoms with E-state index in [1.165, 1.54) is 0 Å². The number of anilines is 2. The SMILES string of the molecule is Cc1cc(-n2ccc3cnc(Nc4ccc(OC(C)C)cc4)nc32)ccc1C(=O)N1CCOCC1. The Kier molecular flexibility index (Phi) is 6.37. The van der Waals surface area contributed by atoms with Crippen molar-refractivity contribution in [2.24, 2.45) is 0 Å². The van der Waals surface area contributed by atoms with Crippen LogP contribution in [-0.2, 0) is 4.74 Å². The number of morpholine rings is 1. The molecule has 5 rings (SSSR count). The number of carbonyl (C=O) groups is 1. The lowest BCUT2D eigenvalue weighted by Crippen LogP contribution is -2.40. The first-order chi connectivity index (χ1) is 17.0. The molecule has 2 aromatic heterocycles. The summed E-state index contributed by atoms with van der Waals surface area (Å²) in [6.07, 6.45) is 3.91. The van der Waals surface area contributed by atoms with Gasteiger partial charge >= 0.3 is 0 Å². The van der Waals surface area contributed by atoms with E-state index in [0.717, 1.165) is 33.7 Å². The van der Waals surface area contributed by atoms with Crippen LogP contribution >= 0.6 is 0 Å². The molecule has 8 nitrogen and oxygen atoms in total. The Hall–Kier alpha value is -3.91. The van der Waals surface area contributed by atoms with Gasteiger partial charge < -0.3 is 24.3 Å². The number of nitrogens with zero attached hydrogens (tertiary/aromatic N) is 4. The van der Waals surface area contributed by atoms with Gasteiger partial charge in [0.25, 0.3) is 5.91 Å². The number of ether oxygens (including phenoxy) is 2. The van der Waals surface area contributed by atoms with Gasteiger partial charge in [-0.1, -0.05) is 0 Å². The summed E-state index contributed by atoms with van der Waals surface area (Å²) in [5.74, 6) is 1.38. The van der Waals surface area contributed by atoms with Crippen molar-refractivity contribution in [3.05, 3.63) is 72.1 Å². The van der Waals surface area contributed by atoms with Gasteiger partial charge in [-0.3, -0.25) is 4.79 Å². The molecule has 1 aliphatic rings. The third kappa shape index (κ3) is 4.97. The Morgan fingerprint density at radius 1 is 1.09 bits per heavy atom. The fourth-order valence-electron chi connectivity index (χ4n) is 4.18. The van der Waals surface area contributed by atoms with E-state index in [-0.39, 0.29) is 12.0 Å². The van der Waals surface area contributed by atoms with Crippen LogP contribution < -0.4 is 10.1 Å². The summed E-state index contributed by atoms with van der Waals surface area (Å²) < 4.78 is 13.1. The van der Waals surface area contributed by atoms with Crippen LogP contribution in [-0.4, -0.2) is 57.7 Å². The first-order valence-electron chi connectivity index (χ1n) is 11.8. The second kappa shape index (κ2) is 9.76. The van der Waals surface area contributed by atoms with Crippen molar-refractivity contribution in [2.75, 3.05) is 31.6 Å². The van der Waals surface area contributed by atoms with Gasteiger partial charge in [0.15, 0.2) is 0 Å². The van der Waals surface area contributed by atoms with E-state index >= 15 is 0 Å². The van der Waals surface area contributed by atoms with E-state index in [1.807, 2.05) is 85.0 Å². The number of nitrogens with one attached hydrogen (secondary N) is 1. The zero-order chi connectivity index (χ0) is 24.4. The maximum Gasteiger partial charge on any atom is 0.254 e. The Balaban J connectivity index is 1.38. The lowest BCUT2D eigenvalue weighted by atomic mass is 10.1. The van der Waals surface area contributed by atoms with Crippen LogP contribution in [0.4, 0.5) is 11.6 Å². The van der Waals surface area contributed by atoms with Gasteiger partial charge in [0.2, 0.25) is 5.95 Å². The summed E-state index contributed by atoms with van der Waals surface area (Å²) in [7, 11) is 0. The van der Waals surface area contributed by atoms with Gasteiger partial charge in [-0.25, -0.2) is 4.98 Å². The van der Waals surface area contributed by atoms with Gasteiger partial charge in [-0.05, 0) is 74.9 Å². The largest absolute Gasteiger partial charge is 0.491 e. The van der Waals surface area contributed by atoms with Crippen LogP contribution in [0.15, 0.2) is 60.9 Å². The summed E-state index contributed by atoms with van der Waals surface area (Å²) in [5.41, 5.74) is 4.25. The van der Waals surface area contributed by atoms with E-state index in [0.29, 0.717) is 37.8 Å². The number of aromatic nitrogens is 3. The van der Waals surface area contributed by atoms with Crippen molar-refractivity contribution in [3.8, 4) is 11.4 Å². The van der Waals surface area contributed by atoms with Crippen LogP contribution in [0.1, 0.15) is 29.8 Å². The summed E-state index contributed by atoms with van der Waals surface area (Å²) in [6.45, 7) is 8.40. The monoisotopic (exact) mass is 471 g/mol. The fraction of sp³-hybridized carbons (Fsp3) is 0.296. The molecular weight excluding hydrogens is 442 g/mol. The highest BCUT2D eigenvalue weighted by Gasteiger charge is 2.20. The molecule has 35 heavy (non-hydrogen) atoms. The molecule has 180 valence electrons. The van der Waals surface area contributed by atoms with E-state index in [9.17, 15) is 4.79 Å². The number of benzene rings is 2. The van der Waals surface area contributed by atoms with E-state index < -0.39 is 0 Å². The molecule has 3 heterocycles. The highest BCUT2D eigenvalue weighted by atomic mass is 16.5. The average Bonchev–Trinajstić information content (AvgIpc) is 3.28. The number of carbonyl (C=O) groups excluding carboxylic acids is 1. The molecule has 0 bridgehead atoms. The minimum absolute atomic E-state index is 0.0494. The van der Waals surface area contributed by atoms with E-state index in [1.54, 1.807) is 6.20 Å². The quantitative estimate of drug-likeness (QED) is 0.438. The van der Waals surface area contributed by atoms with Crippen molar-refractivity contribution < 1.29 is 14.3 Å². The zero-order valence-corrected chi connectivity index (χ0v) is 20.2. The molecule has 2 aromatic carbocycles. The summed E-state index contributed by atoms with van der Waals surface area (Å²) in [4.78, 5) is 24.0. The highest BCUT2D eigenvalue weighted by molar-refractivity contribution is 5.96. The molecule has 0 saturated carbocycles. The number of rotatable bonds is 6. The molecule has 0 spiro atoms. The third-order valence-corrected chi connectivity index (χ3v) is 5.93. The lowest BCUT2D eigenvalue weighted by Gasteiger charge is -2.27. The Labute approximate surface area is 204 Å². The molecule has 1 fully saturated rings. The first-order valence-corrected chi connectivity index (χ1v) is 11.8. The molecule has 0 unspecified atom stereocenters. The number of amides is 1. The number of hydrogen-bond acceptors (Lipinski definition) is 6. The molecule has 1 aliphatic heterocycles. The maximum absolute atomic E-state index is 12.9. The molecule has 4 aromatic rings. The third-order valence-electron chi connectivity index (χ3n) is 5.93.